The molecule has 0 saturated heterocycles. The number of anilines is 1. The van der Waals surface area contributed by atoms with Gasteiger partial charge >= 0.3 is 5.97 Å². The minimum atomic E-state index is -0.501. The summed E-state index contributed by atoms with van der Waals surface area (Å²) in [5.74, 6) is -1.58. The topological polar surface area (TPSA) is 96.9 Å². The van der Waals surface area contributed by atoms with Gasteiger partial charge in [-0.2, -0.15) is 5.10 Å². The number of carbonyl (C=O) groups is 3. The zero-order valence-electron chi connectivity index (χ0n) is 16.1. The predicted octanol–water partition coefficient (Wildman–Crippen LogP) is 3.45. The summed E-state index contributed by atoms with van der Waals surface area (Å²) in [6, 6.07) is 5.22. The third-order valence-electron chi connectivity index (χ3n) is 3.96. The van der Waals surface area contributed by atoms with Gasteiger partial charge in [-0.3, -0.25) is 14.4 Å². The zero-order valence-corrected chi connectivity index (χ0v) is 16.9. The summed E-state index contributed by atoms with van der Waals surface area (Å²) < 4.78 is 4.98. The number of carbonyl (C=O) groups excluding carboxylic acids is 3. The van der Waals surface area contributed by atoms with E-state index in [1.165, 1.54) is 0 Å². The minimum absolute atomic E-state index is 0.00143. The summed E-state index contributed by atoms with van der Waals surface area (Å²) in [7, 11) is 0. The number of ether oxygens (including phenoxy) is 1. The van der Waals surface area contributed by atoms with E-state index in [2.05, 4.69) is 15.8 Å². The van der Waals surface area contributed by atoms with E-state index in [-0.39, 0.29) is 31.3 Å². The molecule has 0 fully saturated rings. The highest BCUT2D eigenvalue weighted by atomic mass is 35.5. The molecule has 27 heavy (non-hydrogen) atoms. The monoisotopic (exact) mass is 395 g/mol. The van der Waals surface area contributed by atoms with Crippen LogP contribution in [0.1, 0.15) is 45.6 Å². The van der Waals surface area contributed by atoms with Gasteiger partial charge in [0.1, 0.15) is 0 Å². The van der Waals surface area contributed by atoms with Crippen LogP contribution in [0.2, 0.25) is 5.02 Å². The number of amides is 2. The van der Waals surface area contributed by atoms with E-state index >= 15 is 0 Å². The van der Waals surface area contributed by atoms with Crippen LogP contribution < -0.4 is 10.7 Å². The molecule has 2 amide bonds. The molecule has 1 atom stereocenters. The Bertz CT molecular complexity index is 719. The lowest BCUT2D eigenvalue weighted by Gasteiger charge is -2.13. The molecule has 1 aromatic rings. The van der Waals surface area contributed by atoms with Crippen molar-refractivity contribution in [3.05, 3.63) is 28.8 Å². The molecule has 0 aromatic heterocycles. The van der Waals surface area contributed by atoms with Gasteiger partial charge in [-0.25, -0.2) is 5.43 Å². The Hall–Kier alpha value is -2.41. The first-order valence-corrected chi connectivity index (χ1v) is 9.22. The van der Waals surface area contributed by atoms with E-state index < -0.39 is 11.8 Å². The van der Waals surface area contributed by atoms with E-state index in [9.17, 15) is 14.4 Å². The smallest absolute Gasteiger partial charge is 0.314 e. The molecular formula is C19H26ClN3O4. The molecule has 0 saturated carbocycles. The Morgan fingerprint density at radius 1 is 1.19 bits per heavy atom. The average molecular weight is 396 g/mol. The number of benzene rings is 1. The molecule has 1 rings (SSSR count). The van der Waals surface area contributed by atoms with Gasteiger partial charge in [-0.15, -0.1) is 0 Å². The lowest BCUT2D eigenvalue weighted by molar-refractivity contribution is -0.145. The maximum atomic E-state index is 12.0. The van der Waals surface area contributed by atoms with Gasteiger partial charge in [0.25, 0.3) is 0 Å². The van der Waals surface area contributed by atoms with Crippen LogP contribution in [0.25, 0.3) is 0 Å². The average Bonchev–Trinajstić information content (AvgIpc) is 2.63. The summed E-state index contributed by atoms with van der Waals surface area (Å²) >= 11 is 6.01. The molecule has 148 valence electrons. The van der Waals surface area contributed by atoms with Crippen molar-refractivity contribution >= 4 is 40.8 Å². The first-order chi connectivity index (χ1) is 12.8. The molecule has 0 heterocycles. The van der Waals surface area contributed by atoms with E-state index in [0.717, 1.165) is 5.56 Å². The van der Waals surface area contributed by atoms with Crippen molar-refractivity contribution in [2.24, 2.45) is 11.0 Å². The largest absolute Gasteiger partial charge is 0.465 e. The molecule has 7 nitrogen and oxygen atoms in total. The second-order valence-corrected chi connectivity index (χ2v) is 6.37. The van der Waals surface area contributed by atoms with Gasteiger partial charge in [-0.05, 0) is 44.9 Å². The SMILES string of the molecule is CCOC(=O)C(CC)C(C)=NNC(=O)CCC(=O)Nc1cccc(Cl)c1C. The fourth-order valence-electron chi connectivity index (χ4n) is 2.34. The number of hydrazone groups is 1. The number of nitrogens with zero attached hydrogens (tertiary/aromatic N) is 1. The molecule has 0 spiro atoms. The van der Waals surface area contributed by atoms with Crippen LogP contribution in [-0.4, -0.2) is 30.1 Å². The summed E-state index contributed by atoms with van der Waals surface area (Å²) in [6.07, 6.45) is 0.491. The Labute approximate surface area is 164 Å². The lowest BCUT2D eigenvalue weighted by Crippen LogP contribution is -2.27. The van der Waals surface area contributed by atoms with Crippen molar-refractivity contribution in [2.75, 3.05) is 11.9 Å². The molecule has 0 radical (unpaired) electrons. The van der Waals surface area contributed by atoms with Gasteiger partial charge in [0.2, 0.25) is 11.8 Å². The van der Waals surface area contributed by atoms with Crippen LogP contribution in [-0.2, 0) is 19.1 Å². The molecule has 0 aliphatic carbocycles. The number of hydrogen-bond acceptors (Lipinski definition) is 5. The second-order valence-electron chi connectivity index (χ2n) is 5.96. The van der Waals surface area contributed by atoms with Crippen LogP contribution in [0.3, 0.4) is 0 Å². The van der Waals surface area contributed by atoms with E-state index in [0.29, 0.717) is 22.8 Å². The Morgan fingerprint density at radius 2 is 1.85 bits per heavy atom. The van der Waals surface area contributed by atoms with E-state index in [1.807, 2.05) is 6.92 Å². The van der Waals surface area contributed by atoms with Crippen molar-refractivity contribution in [3.63, 3.8) is 0 Å². The first kappa shape index (κ1) is 22.6. The molecule has 1 aromatic carbocycles. The Kier molecular flexibility index (Phi) is 9.50. The lowest BCUT2D eigenvalue weighted by atomic mass is 10.0. The fourth-order valence-corrected chi connectivity index (χ4v) is 2.52. The fraction of sp³-hybridized carbons (Fsp3) is 0.474. The van der Waals surface area contributed by atoms with Gasteiger partial charge in [-0.1, -0.05) is 24.6 Å². The molecule has 2 N–H and O–H groups in total. The zero-order chi connectivity index (χ0) is 20.4. The number of nitrogens with one attached hydrogen (secondary N) is 2. The van der Waals surface area contributed by atoms with Gasteiger partial charge in [0.05, 0.1) is 12.5 Å². The van der Waals surface area contributed by atoms with Crippen LogP contribution >= 0.6 is 11.6 Å². The maximum absolute atomic E-state index is 12.0. The minimum Gasteiger partial charge on any atom is -0.465 e. The molecular weight excluding hydrogens is 370 g/mol. The van der Waals surface area contributed by atoms with E-state index in [4.69, 9.17) is 16.3 Å². The van der Waals surface area contributed by atoms with Crippen molar-refractivity contribution in [3.8, 4) is 0 Å². The maximum Gasteiger partial charge on any atom is 0.314 e. The number of halogens is 1. The standard InChI is InChI=1S/C19H26ClN3O4/c1-5-14(19(26)27-6-2)13(4)22-23-18(25)11-10-17(24)21-16-9-7-8-15(20)12(16)3/h7-9,14H,5-6,10-11H2,1-4H3,(H,21,24)(H,23,25). The van der Waals surface area contributed by atoms with Crippen LogP contribution in [0.4, 0.5) is 5.69 Å². The van der Waals surface area contributed by atoms with E-state index in [1.54, 1.807) is 39.0 Å². The first-order valence-electron chi connectivity index (χ1n) is 8.84. The van der Waals surface area contributed by atoms with Crippen molar-refractivity contribution in [1.82, 2.24) is 5.43 Å². The van der Waals surface area contributed by atoms with Crippen LogP contribution in [0.5, 0.6) is 0 Å². The molecule has 0 bridgehead atoms. The van der Waals surface area contributed by atoms with Crippen molar-refractivity contribution < 1.29 is 19.1 Å². The number of hydrogen-bond donors (Lipinski definition) is 2. The Balaban J connectivity index is 2.51. The summed E-state index contributed by atoms with van der Waals surface area (Å²) in [6.45, 7) is 7.31. The quantitative estimate of drug-likeness (QED) is 0.380. The molecule has 1 unspecified atom stereocenters. The van der Waals surface area contributed by atoms with Gasteiger partial charge in [0, 0.05) is 29.3 Å². The summed E-state index contributed by atoms with van der Waals surface area (Å²) in [5, 5.41) is 7.24. The molecule has 0 aliphatic rings. The van der Waals surface area contributed by atoms with Gasteiger partial charge in [0.15, 0.2) is 0 Å². The number of esters is 1. The molecule has 8 heteroatoms. The van der Waals surface area contributed by atoms with Crippen molar-refractivity contribution in [2.45, 2.75) is 47.0 Å². The number of rotatable bonds is 9. The highest BCUT2D eigenvalue weighted by Crippen LogP contribution is 2.23. The molecule has 0 aliphatic heterocycles. The Morgan fingerprint density at radius 3 is 2.48 bits per heavy atom. The van der Waals surface area contributed by atoms with Crippen LogP contribution in [0.15, 0.2) is 23.3 Å². The second kappa shape index (κ2) is 11.3. The summed E-state index contributed by atoms with van der Waals surface area (Å²) in [4.78, 5) is 35.7. The van der Waals surface area contributed by atoms with Crippen molar-refractivity contribution in [1.29, 1.82) is 0 Å². The predicted molar refractivity (Wildman–Crippen MR) is 106 cm³/mol. The van der Waals surface area contributed by atoms with Gasteiger partial charge < -0.3 is 10.1 Å². The highest BCUT2D eigenvalue weighted by molar-refractivity contribution is 6.31. The van der Waals surface area contributed by atoms with Crippen LogP contribution in [0, 0.1) is 12.8 Å². The normalized spacial score (nSPS) is 12.3. The third-order valence-corrected chi connectivity index (χ3v) is 4.37. The third kappa shape index (κ3) is 7.38. The highest BCUT2D eigenvalue weighted by Gasteiger charge is 2.21. The summed E-state index contributed by atoms with van der Waals surface area (Å²) in [5.41, 5.74) is 4.21.